The quantitative estimate of drug-likeness (QED) is 0.866. The third-order valence-corrected chi connectivity index (χ3v) is 3.17. The molecule has 94 valence electrons. The third kappa shape index (κ3) is 3.33. The van der Waals surface area contributed by atoms with E-state index >= 15 is 0 Å². The summed E-state index contributed by atoms with van der Waals surface area (Å²) in [6.45, 7) is 2.82. The maximum atomic E-state index is 5.50. The average molecular weight is 235 g/mol. The number of nitrogens with one attached hydrogen (secondary N) is 1. The van der Waals surface area contributed by atoms with Gasteiger partial charge in [0.15, 0.2) is 0 Å². The summed E-state index contributed by atoms with van der Waals surface area (Å²) in [4.78, 5) is 6.74. The molecule has 0 amide bonds. The first-order valence-corrected chi connectivity index (χ1v) is 6.23. The number of anilines is 2. The van der Waals surface area contributed by atoms with Crippen molar-refractivity contribution in [2.24, 2.45) is 5.92 Å². The minimum Gasteiger partial charge on any atom is -0.381 e. The SMILES string of the molecule is CNc1cccc(N(C)CC2CCCOC2)n1. The lowest BCUT2D eigenvalue weighted by Crippen LogP contribution is -2.31. The van der Waals surface area contributed by atoms with Crippen molar-refractivity contribution in [3.63, 3.8) is 0 Å². The zero-order chi connectivity index (χ0) is 12.1. The average Bonchev–Trinajstić information content (AvgIpc) is 2.40. The van der Waals surface area contributed by atoms with Gasteiger partial charge in [0, 0.05) is 27.2 Å². The van der Waals surface area contributed by atoms with E-state index in [1.807, 2.05) is 25.2 Å². The minimum atomic E-state index is 0.633. The lowest BCUT2D eigenvalue weighted by molar-refractivity contribution is 0.0576. The highest BCUT2D eigenvalue weighted by atomic mass is 16.5. The summed E-state index contributed by atoms with van der Waals surface area (Å²) in [5.74, 6) is 2.56. The van der Waals surface area contributed by atoms with E-state index in [2.05, 4.69) is 22.2 Å². The van der Waals surface area contributed by atoms with Crippen LogP contribution in [0.5, 0.6) is 0 Å². The number of hydrogen-bond acceptors (Lipinski definition) is 4. The molecule has 0 spiro atoms. The number of rotatable bonds is 4. The molecule has 4 nitrogen and oxygen atoms in total. The van der Waals surface area contributed by atoms with Crippen molar-refractivity contribution >= 4 is 11.6 Å². The van der Waals surface area contributed by atoms with Gasteiger partial charge in [-0.3, -0.25) is 0 Å². The van der Waals surface area contributed by atoms with Gasteiger partial charge in [0.05, 0.1) is 6.61 Å². The third-order valence-electron chi connectivity index (χ3n) is 3.17. The van der Waals surface area contributed by atoms with Gasteiger partial charge in [-0.05, 0) is 30.9 Å². The topological polar surface area (TPSA) is 37.4 Å². The lowest BCUT2D eigenvalue weighted by atomic mass is 10.0. The molecule has 0 aliphatic carbocycles. The van der Waals surface area contributed by atoms with Crippen molar-refractivity contribution in [1.29, 1.82) is 0 Å². The first-order valence-electron chi connectivity index (χ1n) is 6.23. The monoisotopic (exact) mass is 235 g/mol. The molecule has 2 heterocycles. The number of ether oxygens (including phenoxy) is 1. The highest BCUT2D eigenvalue weighted by Gasteiger charge is 2.16. The molecule has 1 atom stereocenters. The van der Waals surface area contributed by atoms with Crippen molar-refractivity contribution < 1.29 is 4.74 Å². The van der Waals surface area contributed by atoms with Gasteiger partial charge in [-0.15, -0.1) is 0 Å². The summed E-state index contributed by atoms with van der Waals surface area (Å²) in [6.07, 6.45) is 2.44. The minimum absolute atomic E-state index is 0.633. The van der Waals surface area contributed by atoms with Crippen LogP contribution in [0.3, 0.4) is 0 Å². The van der Waals surface area contributed by atoms with E-state index in [-0.39, 0.29) is 0 Å². The Morgan fingerprint density at radius 1 is 1.53 bits per heavy atom. The molecule has 4 heteroatoms. The standard InChI is InChI=1S/C13H21N3O/c1-14-12-6-3-7-13(15-12)16(2)9-11-5-4-8-17-10-11/h3,6-7,11H,4-5,8-10H2,1-2H3,(H,14,15). The van der Waals surface area contributed by atoms with Crippen molar-refractivity contribution in [3.05, 3.63) is 18.2 Å². The zero-order valence-corrected chi connectivity index (χ0v) is 10.6. The lowest BCUT2D eigenvalue weighted by Gasteiger charge is -2.27. The normalized spacial score (nSPS) is 20.0. The summed E-state index contributed by atoms with van der Waals surface area (Å²) in [6, 6.07) is 6.05. The van der Waals surface area contributed by atoms with E-state index in [4.69, 9.17) is 4.74 Å². The fourth-order valence-corrected chi connectivity index (χ4v) is 2.21. The van der Waals surface area contributed by atoms with E-state index in [0.717, 1.165) is 31.4 Å². The van der Waals surface area contributed by atoms with E-state index in [1.54, 1.807) is 0 Å². The molecule has 2 rings (SSSR count). The van der Waals surface area contributed by atoms with Crippen molar-refractivity contribution in [2.45, 2.75) is 12.8 Å². The Morgan fingerprint density at radius 2 is 2.41 bits per heavy atom. The number of hydrogen-bond donors (Lipinski definition) is 1. The van der Waals surface area contributed by atoms with Crippen molar-refractivity contribution in [2.75, 3.05) is 44.1 Å². The zero-order valence-electron chi connectivity index (χ0n) is 10.6. The first-order chi connectivity index (χ1) is 8.29. The Morgan fingerprint density at radius 3 is 3.12 bits per heavy atom. The predicted octanol–water partition coefficient (Wildman–Crippen LogP) is 1.99. The molecular weight excluding hydrogens is 214 g/mol. The molecule has 1 aliphatic rings. The molecule has 1 aromatic rings. The van der Waals surface area contributed by atoms with Gasteiger partial charge in [-0.2, -0.15) is 0 Å². The molecule has 1 aliphatic heterocycles. The number of aromatic nitrogens is 1. The van der Waals surface area contributed by atoms with Gasteiger partial charge in [-0.1, -0.05) is 6.07 Å². The van der Waals surface area contributed by atoms with E-state index in [9.17, 15) is 0 Å². The first kappa shape index (κ1) is 12.2. The maximum Gasteiger partial charge on any atom is 0.130 e. The van der Waals surface area contributed by atoms with Crippen LogP contribution in [0.2, 0.25) is 0 Å². The number of nitrogens with zero attached hydrogens (tertiary/aromatic N) is 2. The van der Waals surface area contributed by atoms with E-state index in [1.165, 1.54) is 12.8 Å². The van der Waals surface area contributed by atoms with Crippen LogP contribution in [-0.2, 0) is 4.74 Å². The second-order valence-corrected chi connectivity index (χ2v) is 4.59. The Balaban J connectivity index is 1.95. The van der Waals surface area contributed by atoms with Crippen LogP contribution in [0, 0.1) is 5.92 Å². The second kappa shape index (κ2) is 5.87. The van der Waals surface area contributed by atoms with Crippen molar-refractivity contribution in [3.8, 4) is 0 Å². The molecule has 0 saturated carbocycles. The summed E-state index contributed by atoms with van der Waals surface area (Å²) in [5.41, 5.74) is 0. The molecule has 1 unspecified atom stereocenters. The van der Waals surface area contributed by atoms with Crippen molar-refractivity contribution in [1.82, 2.24) is 4.98 Å². The van der Waals surface area contributed by atoms with Gasteiger partial charge in [0.1, 0.15) is 11.6 Å². The van der Waals surface area contributed by atoms with Crippen LogP contribution in [0.15, 0.2) is 18.2 Å². The Bertz CT molecular complexity index is 350. The van der Waals surface area contributed by atoms with Gasteiger partial charge in [0.25, 0.3) is 0 Å². The molecule has 1 aromatic heterocycles. The fraction of sp³-hybridized carbons (Fsp3) is 0.615. The van der Waals surface area contributed by atoms with Crippen LogP contribution in [0.25, 0.3) is 0 Å². The van der Waals surface area contributed by atoms with Gasteiger partial charge in [0.2, 0.25) is 0 Å². The highest BCUT2D eigenvalue weighted by molar-refractivity contribution is 5.46. The van der Waals surface area contributed by atoms with E-state index < -0.39 is 0 Å². The van der Waals surface area contributed by atoms with Gasteiger partial charge >= 0.3 is 0 Å². The fourth-order valence-electron chi connectivity index (χ4n) is 2.21. The van der Waals surface area contributed by atoms with Crippen LogP contribution in [0.1, 0.15) is 12.8 Å². The summed E-state index contributed by atoms with van der Waals surface area (Å²) < 4.78 is 5.50. The second-order valence-electron chi connectivity index (χ2n) is 4.59. The molecular formula is C13H21N3O. The van der Waals surface area contributed by atoms with Crippen LogP contribution < -0.4 is 10.2 Å². The molecule has 0 aromatic carbocycles. The largest absolute Gasteiger partial charge is 0.381 e. The molecule has 1 fully saturated rings. The Labute approximate surface area is 103 Å². The van der Waals surface area contributed by atoms with E-state index in [0.29, 0.717) is 5.92 Å². The van der Waals surface area contributed by atoms with Crippen LogP contribution in [0.4, 0.5) is 11.6 Å². The van der Waals surface area contributed by atoms with Gasteiger partial charge < -0.3 is 15.0 Å². The predicted molar refractivity (Wildman–Crippen MR) is 70.6 cm³/mol. The maximum absolute atomic E-state index is 5.50. The molecule has 0 radical (unpaired) electrons. The highest BCUT2D eigenvalue weighted by Crippen LogP contribution is 2.18. The Kier molecular flexibility index (Phi) is 4.20. The summed E-state index contributed by atoms with van der Waals surface area (Å²) in [5, 5.41) is 3.06. The molecule has 1 saturated heterocycles. The Hall–Kier alpha value is -1.29. The molecule has 0 bridgehead atoms. The van der Waals surface area contributed by atoms with Crippen LogP contribution in [-0.4, -0.2) is 38.8 Å². The summed E-state index contributed by atoms with van der Waals surface area (Å²) in [7, 11) is 3.98. The van der Waals surface area contributed by atoms with Gasteiger partial charge in [-0.25, -0.2) is 4.98 Å². The summed E-state index contributed by atoms with van der Waals surface area (Å²) >= 11 is 0. The molecule has 1 N–H and O–H groups in total. The number of pyridine rings is 1. The van der Waals surface area contributed by atoms with Crippen LogP contribution >= 0.6 is 0 Å². The molecule has 17 heavy (non-hydrogen) atoms. The smallest absolute Gasteiger partial charge is 0.130 e.